The van der Waals surface area contributed by atoms with Gasteiger partial charge < -0.3 is 15.2 Å². The third-order valence-electron chi connectivity index (χ3n) is 2.74. The van der Waals surface area contributed by atoms with Crippen molar-refractivity contribution in [1.82, 2.24) is 5.32 Å². The van der Waals surface area contributed by atoms with Crippen LogP contribution in [0.5, 0.6) is 5.75 Å². The monoisotopic (exact) mass is 251 g/mol. The van der Waals surface area contributed by atoms with Crippen molar-refractivity contribution in [3.63, 3.8) is 0 Å². The molecule has 0 aliphatic carbocycles. The van der Waals surface area contributed by atoms with Crippen LogP contribution in [0.25, 0.3) is 0 Å². The number of aliphatic carboxylic acids is 1. The molecule has 0 radical (unpaired) electrons. The van der Waals surface area contributed by atoms with Crippen molar-refractivity contribution in [3.8, 4) is 5.75 Å². The number of nitrogens with one attached hydrogen (secondary N) is 1. The normalized spacial score (nSPS) is 11.3. The van der Waals surface area contributed by atoms with E-state index in [0.717, 1.165) is 11.3 Å². The molecule has 0 aliphatic rings. The fourth-order valence-electron chi connectivity index (χ4n) is 1.69. The molecule has 100 valence electrons. The molecule has 0 saturated heterocycles. The summed E-state index contributed by atoms with van der Waals surface area (Å²) in [6.07, 6.45) is 0. The van der Waals surface area contributed by atoms with Crippen molar-refractivity contribution in [2.75, 3.05) is 13.7 Å². The number of hydrogen-bond acceptors (Lipinski definition) is 3. The second-order valence-electron chi connectivity index (χ2n) is 5.27. The van der Waals surface area contributed by atoms with E-state index in [9.17, 15) is 4.79 Å². The van der Waals surface area contributed by atoms with Crippen LogP contribution in [0.1, 0.15) is 31.9 Å². The molecule has 1 rings (SSSR count). The fourth-order valence-corrected chi connectivity index (χ4v) is 1.69. The van der Waals surface area contributed by atoms with Gasteiger partial charge in [-0.05, 0) is 17.0 Å². The van der Waals surface area contributed by atoms with E-state index in [1.54, 1.807) is 7.11 Å². The molecule has 0 spiro atoms. The second-order valence-corrected chi connectivity index (χ2v) is 5.27. The zero-order valence-electron chi connectivity index (χ0n) is 11.4. The molecule has 0 atom stereocenters. The molecule has 0 amide bonds. The molecule has 2 N–H and O–H groups in total. The molecule has 4 heteroatoms. The Bertz CT molecular complexity index is 422. The van der Waals surface area contributed by atoms with Crippen molar-refractivity contribution in [2.24, 2.45) is 0 Å². The SMILES string of the molecule is COc1ccc(C(C)(C)C)cc1CNCC(=O)O. The third kappa shape index (κ3) is 4.04. The lowest BCUT2D eigenvalue weighted by atomic mass is 9.86. The summed E-state index contributed by atoms with van der Waals surface area (Å²) in [5, 5.41) is 11.5. The summed E-state index contributed by atoms with van der Waals surface area (Å²) < 4.78 is 5.28. The van der Waals surface area contributed by atoms with Gasteiger partial charge in [-0.15, -0.1) is 0 Å². The van der Waals surface area contributed by atoms with Gasteiger partial charge in [-0.1, -0.05) is 32.9 Å². The Hall–Kier alpha value is -1.55. The summed E-state index contributed by atoms with van der Waals surface area (Å²) in [5.41, 5.74) is 2.25. The summed E-state index contributed by atoms with van der Waals surface area (Å²) in [6, 6.07) is 6.03. The molecule has 0 bridgehead atoms. The molecule has 0 fully saturated rings. The lowest BCUT2D eigenvalue weighted by molar-refractivity contribution is -0.136. The van der Waals surface area contributed by atoms with Gasteiger partial charge in [0.2, 0.25) is 0 Å². The van der Waals surface area contributed by atoms with E-state index < -0.39 is 5.97 Å². The van der Waals surface area contributed by atoms with E-state index in [2.05, 4.69) is 32.2 Å². The maximum atomic E-state index is 10.5. The zero-order valence-corrected chi connectivity index (χ0v) is 11.4. The van der Waals surface area contributed by atoms with E-state index in [4.69, 9.17) is 9.84 Å². The second kappa shape index (κ2) is 5.87. The highest BCUT2D eigenvalue weighted by atomic mass is 16.5. The quantitative estimate of drug-likeness (QED) is 0.842. The van der Waals surface area contributed by atoms with Gasteiger partial charge in [-0.2, -0.15) is 0 Å². The minimum absolute atomic E-state index is 0.0527. The highest BCUT2D eigenvalue weighted by molar-refractivity contribution is 5.69. The first-order chi connectivity index (χ1) is 8.34. The van der Waals surface area contributed by atoms with E-state index >= 15 is 0 Å². The molecule has 1 aromatic carbocycles. The molecule has 18 heavy (non-hydrogen) atoms. The smallest absolute Gasteiger partial charge is 0.317 e. The molecule has 4 nitrogen and oxygen atoms in total. The predicted octanol–water partition coefficient (Wildman–Crippen LogP) is 2.17. The summed E-state index contributed by atoms with van der Waals surface area (Å²) in [5.74, 6) is -0.0816. The van der Waals surface area contributed by atoms with Gasteiger partial charge in [-0.3, -0.25) is 4.79 Å². The Balaban J connectivity index is 2.89. The first-order valence-electron chi connectivity index (χ1n) is 5.94. The van der Waals surface area contributed by atoms with Gasteiger partial charge in [0.25, 0.3) is 0 Å². The first kappa shape index (κ1) is 14.5. The van der Waals surface area contributed by atoms with Crippen molar-refractivity contribution in [3.05, 3.63) is 29.3 Å². The minimum atomic E-state index is -0.860. The van der Waals surface area contributed by atoms with Crippen LogP contribution in [0.4, 0.5) is 0 Å². The molecule has 0 heterocycles. The van der Waals surface area contributed by atoms with Gasteiger partial charge in [0.15, 0.2) is 0 Å². The molecular formula is C14H21NO3. The molecule has 1 aromatic rings. The van der Waals surface area contributed by atoms with Crippen LogP contribution < -0.4 is 10.1 Å². The topological polar surface area (TPSA) is 58.6 Å². The van der Waals surface area contributed by atoms with Gasteiger partial charge in [0.05, 0.1) is 13.7 Å². The van der Waals surface area contributed by atoms with Crippen LogP contribution in [0, 0.1) is 0 Å². The average Bonchev–Trinajstić information content (AvgIpc) is 2.27. The minimum Gasteiger partial charge on any atom is -0.496 e. The number of ether oxygens (including phenoxy) is 1. The van der Waals surface area contributed by atoms with Gasteiger partial charge >= 0.3 is 5.97 Å². The highest BCUT2D eigenvalue weighted by Gasteiger charge is 2.15. The van der Waals surface area contributed by atoms with Crippen LogP contribution in [-0.2, 0) is 16.8 Å². The van der Waals surface area contributed by atoms with E-state index in [1.807, 2.05) is 12.1 Å². The highest BCUT2D eigenvalue weighted by Crippen LogP contribution is 2.27. The number of hydrogen-bond donors (Lipinski definition) is 2. The maximum absolute atomic E-state index is 10.5. The summed E-state index contributed by atoms with van der Waals surface area (Å²) in [4.78, 5) is 10.5. The Morgan fingerprint density at radius 1 is 1.39 bits per heavy atom. The maximum Gasteiger partial charge on any atom is 0.317 e. The van der Waals surface area contributed by atoms with E-state index in [0.29, 0.717) is 6.54 Å². The molecule has 0 aromatic heterocycles. The standard InChI is InChI=1S/C14H21NO3/c1-14(2,3)11-5-6-12(18-4)10(7-11)8-15-9-13(16)17/h5-7,15H,8-9H2,1-4H3,(H,16,17). The fraction of sp³-hybridized carbons (Fsp3) is 0.500. The predicted molar refractivity (Wildman–Crippen MR) is 71.0 cm³/mol. The van der Waals surface area contributed by atoms with Crippen LogP contribution >= 0.6 is 0 Å². The summed E-state index contributed by atoms with van der Waals surface area (Å²) >= 11 is 0. The Labute approximate surface area is 108 Å². The summed E-state index contributed by atoms with van der Waals surface area (Å²) in [7, 11) is 1.62. The number of rotatable bonds is 5. The Morgan fingerprint density at radius 3 is 2.56 bits per heavy atom. The largest absolute Gasteiger partial charge is 0.496 e. The number of methoxy groups -OCH3 is 1. The number of carbonyl (C=O) groups is 1. The van der Waals surface area contributed by atoms with Crippen molar-refractivity contribution >= 4 is 5.97 Å². The van der Waals surface area contributed by atoms with Gasteiger partial charge in [0, 0.05) is 12.1 Å². The summed E-state index contributed by atoms with van der Waals surface area (Å²) in [6.45, 7) is 6.86. The lowest BCUT2D eigenvalue weighted by Crippen LogP contribution is -2.22. The van der Waals surface area contributed by atoms with Gasteiger partial charge in [-0.25, -0.2) is 0 Å². The molecular weight excluding hydrogens is 230 g/mol. The number of carboxylic acid groups (broad SMARTS) is 1. The van der Waals surface area contributed by atoms with E-state index in [-0.39, 0.29) is 12.0 Å². The van der Waals surface area contributed by atoms with Crippen LogP contribution in [0.3, 0.4) is 0 Å². The van der Waals surface area contributed by atoms with E-state index in [1.165, 1.54) is 5.56 Å². The molecule has 0 unspecified atom stereocenters. The third-order valence-corrected chi connectivity index (χ3v) is 2.74. The van der Waals surface area contributed by atoms with Crippen molar-refractivity contribution in [1.29, 1.82) is 0 Å². The van der Waals surface area contributed by atoms with Crippen molar-refractivity contribution in [2.45, 2.75) is 32.7 Å². The lowest BCUT2D eigenvalue weighted by Gasteiger charge is -2.21. The number of benzene rings is 1. The van der Waals surface area contributed by atoms with Crippen molar-refractivity contribution < 1.29 is 14.6 Å². The molecule has 0 saturated carbocycles. The van der Waals surface area contributed by atoms with Crippen LogP contribution in [0.15, 0.2) is 18.2 Å². The Morgan fingerprint density at radius 2 is 2.06 bits per heavy atom. The average molecular weight is 251 g/mol. The Kier molecular flexibility index (Phi) is 4.73. The van der Waals surface area contributed by atoms with Crippen LogP contribution in [0.2, 0.25) is 0 Å². The zero-order chi connectivity index (χ0) is 13.8. The van der Waals surface area contributed by atoms with Crippen LogP contribution in [-0.4, -0.2) is 24.7 Å². The number of carboxylic acids is 1. The first-order valence-corrected chi connectivity index (χ1v) is 5.94. The van der Waals surface area contributed by atoms with Gasteiger partial charge in [0.1, 0.15) is 5.75 Å². The molecule has 0 aliphatic heterocycles.